The van der Waals surface area contributed by atoms with Gasteiger partial charge in [-0.1, -0.05) is 12.1 Å². The van der Waals surface area contributed by atoms with Crippen molar-refractivity contribution < 1.29 is 9.53 Å². The molecule has 20 heavy (non-hydrogen) atoms. The minimum Gasteiger partial charge on any atom is -0.484 e. The van der Waals surface area contributed by atoms with Crippen molar-refractivity contribution in [1.29, 1.82) is 0 Å². The highest BCUT2D eigenvalue weighted by Gasteiger charge is 2.22. The summed E-state index contributed by atoms with van der Waals surface area (Å²) in [5.74, 6) is 0.842. The van der Waals surface area contributed by atoms with Crippen molar-refractivity contribution >= 4 is 5.91 Å². The molecular formula is C16H24N2O2. The van der Waals surface area contributed by atoms with Gasteiger partial charge in [0.25, 0.3) is 5.91 Å². The Bertz CT molecular complexity index is 452. The summed E-state index contributed by atoms with van der Waals surface area (Å²) in [6.45, 7) is 10.0. The standard InChI is InChI=1S/C16H24N2O2/c1-13(2)17-7-9-18(10-8-17)16(19)12-20-15-6-4-5-14(3)11-15/h4-6,11,13H,7-10,12H2,1-3H3. The van der Waals surface area contributed by atoms with Gasteiger partial charge in [-0.15, -0.1) is 0 Å². The second-order valence-electron chi connectivity index (χ2n) is 5.62. The highest BCUT2D eigenvalue weighted by atomic mass is 16.5. The van der Waals surface area contributed by atoms with Gasteiger partial charge in [0.15, 0.2) is 6.61 Å². The summed E-state index contributed by atoms with van der Waals surface area (Å²) in [7, 11) is 0. The molecular weight excluding hydrogens is 252 g/mol. The minimum atomic E-state index is 0.0786. The number of rotatable bonds is 4. The average Bonchev–Trinajstić information content (AvgIpc) is 2.45. The highest BCUT2D eigenvalue weighted by molar-refractivity contribution is 5.77. The average molecular weight is 276 g/mol. The molecule has 1 aliphatic rings. The Balaban J connectivity index is 1.78. The minimum absolute atomic E-state index is 0.0786. The first-order chi connectivity index (χ1) is 9.56. The van der Waals surface area contributed by atoms with Gasteiger partial charge in [-0.2, -0.15) is 0 Å². The monoisotopic (exact) mass is 276 g/mol. The quantitative estimate of drug-likeness (QED) is 0.842. The van der Waals surface area contributed by atoms with Crippen LogP contribution < -0.4 is 4.74 Å². The molecule has 0 unspecified atom stereocenters. The van der Waals surface area contributed by atoms with Crippen LogP contribution in [-0.4, -0.2) is 54.5 Å². The fourth-order valence-corrected chi connectivity index (χ4v) is 2.43. The van der Waals surface area contributed by atoms with Gasteiger partial charge in [-0.3, -0.25) is 9.69 Å². The number of hydrogen-bond donors (Lipinski definition) is 0. The van der Waals surface area contributed by atoms with Crippen LogP contribution in [-0.2, 0) is 4.79 Å². The lowest BCUT2D eigenvalue weighted by Crippen LogP contribution is -2.51. The zero-order chi connectivity index (χ0) is 14.5. The summed E-state index contributed by atoms with van der Waals surface area (Å²) in [4.78, 5) is 16.4. The van der Waals surface area contributed by atoms with Gasteiger partial charge in [0.1, 0.15) is 5.75 Å². The first kappa shape index (κ1) is 14.9. The summed E-state index contributed by atoms with van der Waals surface area (Å²) in [6, 6.07) is 8.34. The van der Waals surface area contributed by atoms with Crippen molar-refractivity contribution in [2.24, 2.45) is 0 Å². The van der Waals surface area contributed by atoms with Gasteiger partial charge in [0, 0.05) is 32.2 Å². The van der Waals surface area contributed by atoms with Crippen molar-refractivity contribution in [3.63, 3.8) is 0 Å². The Hall–Kier alpha value is -1.55. The second-order valence-corrected chi connectivity index (χ2v) is 5.62. The first-order valence-electron chi connectivity index (χ1n) is 7.27. The van der Waals surface area contributed by atoms with Crippen LogP contribution >= 0.6 is 0 Å². The molecule has 2 rings (SSSR count). The van der Waals surface area contributed by atoms with Gasteiger partial charge >= 0.3 is 0 Å². The van der Waals surface area contributed by atoms with E-state index in [4.69, 9.17) is 4.74 Å². The van der Waals surface area contributed by atoms with Gasteiger partial charge < -0.3 is 9.64 Å². The maximum atomic E-state index is 12.1. The molecule has 1 heterocycles. The molecule has 0 aliphatic carbocycles. The predicted octanol–water partition coefficient (Wildman–Crippen LogP) is 1.93. The van der Waals surface area contributed by atoms with E-state index in [1.54, 1.807) is 0 Å². The van der Waals surface area contributed by atoms with E-state index in [9.17, 15) is 4.79 Å². The fourth-order valence-electron chi connectivity index (χ4n) is 2.43. The molecule has 1 fully saturated rings. The van der Waals surface area contributed by atoms with E-state index in [1.807, 2.05) is 36.1 Å². The van der Waals surface area contributed by atoms with Crippen LogP contribution in [0.1, 0.15) is 19.4 Å². The number of carbonyl (C=O) groups is 1. The van der Waals surface area contributed by atoms with Gasteiger partial charge in [-0.25, -0.2) is 0 Å². The molecule has 1 saturated heterocycles. The molecule has 1 aromatic carbocycles. The van der Waals surface area contributed by atoms with Crippen LogP contribution in [0.3, 0.4) is 0 Å². The van der Waals surface area contributed by atoms with Crippen molar-refractivity contribution in [2.45, 2.75) is 26.8 Å². The normalized spacial score (nSPS) is 16.5. The van der Waals surface area contributed by atoms with Crippen molar-refractivity contribution in [1.82, 2.24) is 9.80 Å². The molecule has 0 N–H and O–H groups in total. The van der Waals surface area contributed by atoms with E-state index in [0.717, 1.165) is 37.5 Å². The summed E-state index contributed by atoms with van der Waals surface area (Å²) in [5.41, 5.74) is 1.14. The van der Waals surface area contributed by atoms with Gasteiger partial charge in [0.2, 0.25) is 0 Å². The molecule has 4 nitrogen and oxygen atoms in total. The van der Waals surface area contributed by atoms with E-state index < -0.39 is 0 Å². The number of benzene rings is 1. The number of aryl methyl sites for hydroxylation is 1. The fraction of sp³-hybridized carbons (Fsp3) is 0.562. The zero-order valence-electron chi connectivity index (χ0n) is 12.6. The number of amides is 1. The topological polar surface area (TPSA) is 32.8 Å². The third-order valence-corrected chi connectivity index (χ3v) is 3.75. The van der Waals surface area contributed by atoms with Gasteiger partial charge in [-0.05, 0) is 38.5 Å². The number of piperazine rings is 1. The van der Waals surface area contributed by atoms with E-state index in [1.165, 1.54) is 0 Å². The summed E-state index contributed by atoms with van der Waals surface area (Å²) in [5, 5.41) is 0. The number of nitrogens with zero attached hydrogens (tertiary/aromatic N) is 2. The molecule has 0 atom stereocenters. The van der Waals surface area contributed by atoms with Crippen molar-refractivity contribution in [3.05, 3.63) is 29.8 Å². The summed E-state index contributed by atoms with van der Waals surface area (Å²) in [6.07, 6.45) is 0. The maximum Gasteiger partial charge on any atom is 0.260 e. The molecule has 0 saturated carbocycles. The van der Waals surface area contributed by atoms with Crippen LogP contribution in [0.15, 0.2) is 24.3 Å². The SMILES string of the molecule is Cc1cccc(OCC(=O)N2CCN(C(C)C)CC2)c1. The van der Waals surface area contributed by atoms with E-state index in [-0.39, 0.29) is 12.5 Å². The Morgan fingerprint density at radius 2 is 1.95 bits per heavy atom. The molecule has 110 valence electrons. The Labute approximate surface area is 121 Å². The molecule has 4 heteroatoms. The zero-order valence-corrected chi connectivity index (χ0v) is 12.6. The smallest absolute Gasteiger partial charge is 0.260 e. The number of carbonyl (C=O) groups excluding carboxylic acids is 1. The van der Waals surface area contributed by atoms with Crippen molar-refractivity contribution in [2.75, 3.05) is 32.8 Å². The highest BCUT2D eigenvalue weighted by Crippen LogP contribution is 2.13. The van der Waals surface area contributed by atoms with Crippen LogP contribution in [0.4, 0.5) is 0 Å². The largest absolute Gasteiger partial charge is 0.484 e. The van der Waals surface area contributed by atoms with Crippen LogP contribution in [0.25, 0.3) is 0 Å². The lowest BCUT2D eigenvalue weighted by Gasteiger charge is -2.36. The van der Waals surface area contributed by atoms with E-state index >= 15 is 0 Å². The van der Waals surface area contributed by atoms with E-state index in [2.05, 4.69) is 18.7 Å². The Morgan fingerprint density at radius 3 is 2.55 bits per heavy atom. The molecule has 0 bridgehead atoms. The molecule has 0 radical (unpaired) electrons. The summed E-state index contributed by atoms with van der Waals surface area (Å²) >= 11 is 0. The second kappa shape index (κ2) is 6.75. The number of ether oxygens (including phenoxy) is 1. The van der Waals surface area contributed by atoms with Crippen LogP contribution in [0.5, 0.6) is 5.75 Å². The molecule has 0 spiro atoms. The molecule has 1 aromatic rings. The lowest BCUT2D eigenvalue weighted by atomic mass is 10.2. The maximum absolute atomic E-state index is 12.1. The van der Waals surface area contributed by atoms with Crippen molar-refractivity contribution in [3.8, 4) is 5.75 Å². The number of hydrogen-bond acceptors (Lipinski definition) is 3. The Morgan fingerprint density at radius 1 is 1.25 bits per heavy atom. The predicted molar refractivity (Wildman–Crippen MR) is 80.0 cm³/mol. The van der Waals surface area contributed by atoms with Gasteiger partial charge in [0.05, 0.1) is 0 Å². The summed E-state index contributed by atoms with van der Waals surface area (Å²) < 4.78 is 5.57. The third kappa shape index (κ3) is 3.97. The van der Waals surface area contributed by atoms with E-state index in [0.29, 0.717) is 6.04 Å². The molecule has 1 aliphatic heterocycles. The third-order valence-electron chi connectivity index (χ3n) is 3.75. The van der Waals surface area contributed by atoms with Crippen LogP contribution in [0.2, 0.25) is 0 Å². The Kier molecular flexibility index (Phi) is 5.01. The first-order valence-corrected chi connectivity index (χ1v) is 7.27. The molecule has 1 amide bonds. The van der Waals surface area contributed by atoms with Crippen LogP contribution in [0, 0.1) is 6.92 Å². The lowest BCUT2D eigenvalue weighted by molar-refractivity contribution is -0.135. The molecule has 0 aromatic heterocycles.